The van der Waals surface area contributed by atoms with Gasteiger partial charge in [-0.05, 0) is 37.1 Å². The second kappa shape index (κ2) is 9.51. The zero-order valence-corrected chi connectivity index (χ0v) is 19.5. The first kappa shape index (κ1) is 21.9. The van der Waals surface area contributed by atoms with Crippen molar-refractivity contribution in [2.75, 3.05) is 13.1 Å². The van der Waals surface area contributed by atoms with Crippen molar-refractivity contribution in [2.24, 2.45) is 0 Å². The van der Waals surface area contributed by atoms with Gasteiger partial charge in [0.1, 0.15) is 11.9 Å². The lowest BCUT2D eigenvalue weighted by atomic mass is 10.1. The Bertz CT molecular complexity index is 1200. The van der Waals surface area contributed by atoms with Crippen molar-refractivity contribution >= 4 is 5.91 Å². The molecule has 1 aromatic heterocycles. The van der Waals surface area contributed by atoms with Gasteiger partial charge < -0.3 is 9.64 Å². The number of amides is 1. The average Bonchev–Trinajstić information content (AvgIpc) is 3.33. The number of aromatic nitrogens is 3. The summed E-state index contributed by atoms with van der Waals surface area (Å²) in [6.45, 7) is 5.38. The zero-order chi connectivity index (χ0) is 23.5. The molecular formula is C28H28N4O2. The fourth-order valence-electron chi connectivity index (χ4n) is 4.40. The quantitative estimate of drug-likeness (QED) is 0.416. The molecule has 0 N–H and O–H groups in total. The maximum atomic E-state index is 13.3. The van der Waals surface area contributed by atoms with E-state index in [1.807, 2.05) is 71.6 Å². The highest BCUT2D eigenvalue weighted by molar-refractivity contribution is 5.91. The van der Waals surface area contributed by atoms with Crippen LogP contribution in [0, 0.1) is 13.8 Å². The van der Waals surface area contributed by atoms with Gasteiger partial charge >= 0.3 is 0 Å². The Morgan fingerprint density at radius 1 is 0.853 bits per heavy atom. The molecule has 34 heavy (non-hydrogen) atoms. The van der Waals surface area contributed by atoms with E-state index in [0.717, 1.165) is 41.0 Å². The van der Waals surface area contributed by atoms with Crippen LogP contribution in [0.3, 0.4) is 0 Å². The summed E-state index contributed by atoms with van der Waals surface area (Å²) < 4.78 is 8.07. The third kappa shape index (κ3) is 4.44. The van der Waals surface area contributed by atoms with E-state index in [-0.39, 0.29) is 17.8 Å². The molecule has 1 saturated heterocycles. The molecule has 0 atom stereocenters. The molecule has 1 amide bonds. The number of benzene rings is 3. The summed E-state index contributed by atoms with van der Waals surface area (Å²) in [5.74, 6) is 1.70. The Kier molecular flexibility index (Phi) is 6.12. The van der Waals surface area contributed by atoms with Gasteiger partial charge in [-0.1, -0.05) is 66.7 Å². The number of nitrogens with zero attached hydrogens (tertiary/aromatic N) is 4. The Balaban J connectivity index is 1.34. The number of carbonyl (C=O) groups is 1. The van der Waals surface area contributed by atoms with Crippen LogP contribution in [0.15, 0.2) is 78.9 Å². The smallest absolute Gasteiger partial charge is 0.293 e. The molecule has 0 bridgehead atoms. The van der Waals surface area contributed by atoms with E-state index < -0.39 is 0 Å². The molecule has 1 aliphatic heterocycles. The number of hydrogen-bond acceptors (Lipinski definition) is 4. The Morgan fingerprint density at radius 3 is 2.12 bits per heavy atom. The summed E-state index contributed by atoms with van der Waals surface area (Å²) in [5, 5.41) is 4.63. The number of ether oxygens (including phenoxy) is 1. The minimum atomic E-state index is -0.141. The molecular weight excluding hydrogens is 424 g/mol. The summed E-state index contributed by atoms with van der Waals surface area (Å²) in [6.07, 6.45) is 1.66. The molecule has 5 rings (SSSR count). The van der Waals surface area contributed by atoms with Crippen molar-refractivity contribution in [3.05, 3.63) is 95.8 Å². The second-order valence-corrected chi connectivity index (χ2v) is 8.70. The number of rotatable bonds is 5. The van der Waals surface area contributed by atoms with E-state index >= 15 is 0 Å². The fraction of sp³-hybridized carbons (Fsp3) is 0.250. The summed E-state index contributed by atoms with van der Waals surface area (Å²) in [6, 6.07) is 25.8. The number of aryl methyl sites for hydroxylation is 2. The van der Waals surface area contributed by atoms with Crippen LogP contribution in [0.1, 0.15) is 34.6 Å². The van der Waals surface area contributed by atoms with Gasteiger partial charge in [-0.3, -0.25) is 4.79 Å². The molecule has 0 unspecified atom stereocenters. The van der Waals surface area contributed by atoms with Crippen molar-refractivity contribution in [2.45, 2.75) is 32.8 Å². The van der Waals surface area contributed by atoms with Crippen LogP contribution in [0.2, 0.25) is 0 Å². The summed E-state index contributed by atoms with van der Waals surface area (Å²) in [7, 11) is 0. The third-order valence-electron chi connectivity index (χ3n) is 6.25. The first-order valence-corrected chi connectivity index (χ1v) is 11.7. The van der Waals surface area contributed by atoms with E-state index in [2.05, 4.69) is 36.1 Å². The SMILES string of the molecule is Cc1cccc(C)c1OC1CCN(C(=O)c2nc(-c3ccccc3)n(-c3ccccc3)n2)CC1. The second-order valence-electron chi connectivity index (χ2n) is 8.70. The average molecular weight is 453 g/mol. The van der Waals surface area contributed by atoms with Crippen LogP contribution in [-0.2, 0) is 0 Å². The van der Waals surface area contributed by atoms with Crippen LogP contribution in [-0.4, -0.2) is 44.8 Å². The van der Waals surface area contributed by atoms with Crippen molar-refractivity contribution < 1.29 is 9.53 Å². The van der Waals surface area contributed by atoms with Gasteiger partial charge in [-0.25, -0.2) is 9.67 Å². The minimum Gasteiger partial charge on any atom is -0.490 e. The summed E-state index contributed by atoms with van der Waals surface area (Å²) in [4.78, 5) is 19.9. The van der Waals surface area contributed by atoms with E-state index in [1.54, 1.807) is 4.68 Å². The number of para-hydroxylation sites is 2. The van der Waals surface area contributed by atoms with Crippen molar-refractivity contribution in [3.8, 4) is 22.8 Å². The number of carbonyl (C=O) groups excluding carboxylic acids is 1. The number of hydrogen-bond donors (Lipinski definition) is 0. The third-order valence-corrected chi connectivity index (χ3v) is 6.25. The molecule has 0 aliphatic carbocycles. The molecule has 6 heteroatoms. The van der Waals surface area contributed by atoms with Gasteiger partial charge in [0, 0.05) is 31.5 Å². The van der Waals surface area contributed by atoms with Gasteiger partial charge in [0.2, 0.25) is 5.82 Å². The van der Waals surface area contributed by atoms with Crippen molar-refractivity contribution in [1.29, 1.82) is 0 Å². The maximum absolute atomic E-state index is 13.3. The molecule has 3 aromatic carbocycles. The van der Waals surface area contributed by atoms with E-state index in [1.165, 1.54) is 0 Å². The minimum absolute atomic E-state index is 0.0959. The number of likely N-dealkylation sites (tertiary alicyclic amines) is 1. The van der Waals surface area contributed by atoms with Gasteiger partial charge in [-0.15, -0.1) is 5.10 Å². The highest BCUT2D eigenvalue weighted by Gasteiger charge is 2.28. The molecule has 6 nitrogen and oxygen atoms in total. The molecule has 172 valence electrons. The highest BCUT2D eigenvalue weighted by Crippen LogP contribution is 2.27. The lowest BCUT2D eigenvalue weighted by molar-refractivity contribution is 0.0582. The van der Waals surface area contributed by atoms with Gasteiger partial charge in [0.25, 0.3) is 5.91 Å². The Morgan fingerprint density at radius 2 is 1.47 bits per heavy atom. The first-order chi connectivity index (χ1) is 16.6. The van der Waals surface area contributed by atoms with E-state index in [0.29, 0.717) is 18.9 Å². The van der Waals surface area contributed by atoms with Crippen molar-refractivity contribution in [3.63, 3.8) is 0 Å². The first-order valence-electron chi connectivity index (χ1n) is 11.7. The molecule has 0 saturated carbocycles. The van der Waals surface area contributed by atoms with Crippen LogP contribution in [0.25, 0.3) is 17.1 Å². The lowest BCUT2D eigenvalue weighted by Gasteiger charge is -2.32. The van der Waals surface area contributed by atoms with Gasteiger partial charge in [-0.2, -0.15) is 0 Å². The van der Waals surface area contributed by atoms with Crippen LogP contribution in [0.5, 0.6) is 5.75 Å². The largest absolute Gasteiger partial charge is 0.490 e. The lowest BCUT2D eigenvalue weighted by Crippen LogP contribution is -2.42. The zero-order valence-electron chi connectivity index (χ0n) is 19.5. The maximum Gasteiger partial charge on any atom is 0.293 e. The predicted octanol–water partition coefficient (Wildman–Crippen LogP) is 5.23. The number of piperidine rings is 1. The Hall–Kier alpha value is -3.93. The highest BCUT2D eigenvalue weighted by atomic mass is 16.5. The predicted molar refractivity (Wildman–Crippen MR) is 132 cm³/mol. The van der Waals surface area contributed by atoms with E-state index in [4.69, 9.17) is 4.74 Å². The topological polar surface area (TPSA) is 60.2 Å². The summed E-state index contributed by atoms with van der Waals surface area (Å²) >= 11 is 0. The molecule has 4 aromatic rings. The van der Waals surface area contributed by atoms with Crippen molar-refractivity contribution in [1.82, 2.24) is 19.7 Å². The molecule has 2 heterocycles. The molecule has 0 radical (unpaired) electrons. The summed E-state index contributed by atoms with van der Waals surface area (Å²) in [5.41, 5.74) is 4.07. The molecule has 1 fully saturated rings. The van der Waals surface area contributed by atoms with Gasteiger partial charge in [0.15, 0.2) is 5.82 Å². The fourth-order valence-corrected chi connectivity index (χ4v) is 4.40. The Labute approximate surface area is 199 Å². The van der Waals surface area contributed by atoms with E-state index in [9.17, 15) is 4.79 Å². The monoisotopic (exact) mass is 452 g/mol. The normalized spacial score (nSPS) is 14.2. The molecule has 1 aliphatic rings. The van der Waals surface area contributed by atoms with Crippen LogP contribution >= 0.6 is 0 Å². The standard InChI is InChI=1S/C28H28N4O2/c1-20-10-9-11-21(2)25(20)34-24-16-18-31(19-17-24)28(33)26-29-27(22-12-5-3-6-13-22)32(30-26)23-14-7-4-8-15-23/h3-15,24H,16-19H2,1-2H3. The van der Waals surface area contributed by atoms with Crippen LogP contribution in [0.4, 0.5) is 0 Å². The molecule has 0 spiro atoms. The van der Waals surface area contributed by atoms with Gasteiger partial charge in [0.05, 0.1) is 5.69 Å². The van der Waals surface area contributed by atoms with Crippen LogP contribution < -0.4 is 4.74 Å².